The van der Waals surface area contributed by atoms with Crippen LogP contribution in [0.2, 0.25) is 0 Å². The van der Waals surface area contributed by atoms with Crippen LogP contribution in [0.25, 0.3) is 0 Å². The molecule has 1 saturated carbocycles. The minimum Gasteiger partial charge on any atom is -0.285 e. The number of carbonyl (C=O) groups is 2. The maximum absolute atomic E-state index is 11.6. The largest absolute Gasteiger partial charge is 0.285 e. The molecule has 2 aliphatic rings. The number of hydrogen-bond acceptors (Lipinski definition) is 2. The Hall–Kier alpha value is -0.750. The van der Waals surface area contributed by atoms with Crippen molar-refractivity contribution in [2.45, 2.75) is 39.0 Å². The van der Waals surface area contributed by atoms with Crippen molar-refractivity contribution in [2.24, 2.45) is 5.92 Å². The summed E-state index contributed by atoms with van der Waals surface area (Å²) in [5.74, 6) is -0.00440. The molecule has 80 valence electrons. The summed E-state index contributed by atoms with van der Waals surface area (Å²) in [6.07, 6.45) is 7.57. The van der Waals surface area contributed by atoms with Gasteiger partial charge < -0.3 is 0 Å². The Labute approximate surface area is 91.5 Å². The number of ketones is 1. The average molecular weight is 222 g/mol. The summed E-state index contributed by atoms with van der Waals surface area (Å²) in [4.78, 5) is 23.2. The first-order valence-electron chi connectivity index (χ1n) is 5.55. The van der Waals surface area contributed by atoms with Crippen molar-refractivity contribution in [1.29, 1.82) is 0 Å². The quantitative estimate of drug-likeness (QED) is 0.543. The van der Waals surface area contributed by atoms with Gasteiger partial charge in [0.1, 0.15) is 0 Å². The number of rotatable bonds is 3. The number of hydrogen-bond donors (Lipinski definition) is 0. The summed E-state index contributed by atoms with van der Waals surface area (Å²) >= 11 is 0. The van der Waals surface area contributed by atoms with Crippen molar-refractivity contribution in [3.05, 3.63) is 11.6 Å². The van der Waals surface area contributed by atoms with Gasteiger partial charge in [-0.1, -0.05) is 19.4 Å². The zero-order valence-electron chi connectivity index (χ0n) is 8.95. The van der Waals surface area contributed by atoms with Gasteiger partial charge >= 0.3 is 0 Å². The third kappa shape index (κ3) is 2.63. The van der Waals surface area contributed by atoms with Gasteiger partial charge in [0.05, 0.1) is 0 Å². The minimum absolute atomic E-state index is 0.220. The fourth-order valence-corrected chi connectivity index (χ4v) is 2.95. The molecule has 0 N–H and O–H groups in total. The monoisotopic (exact) mass is 222 g/mol. The topological polar surface area (TPSA) is 34.1 Å². The van der Waals surface area contributed by atoms with E-state index in [1.165, 1.54) is 24.6 Å². The van der Waals surface area contributed by atoms with Crippen LogP contribution in [-0.2, 0) is 9.59 Å². The van der Waals surface area contributed by atoms with Crippen LogP contribution in [0.15, 0.2) is 11.6 Å². The highest BCUT2D eigenvalue weighted by molar-refractivity contribution is 7.62. The van der Waals surface area contributed by atoms with Crippen molar-refractivity contribution in [1.82, 2.24) is 0 Å². The average Bonchev–Trinajstić information content (AvgIpc) is 2.96. The Balaban J connectivity index is 1.96. The van der Waals surface area contributed by atoms with E-state index in [1.807, 2.05) is 13.0 Å². The van der Waals surface area contributed by atoms with Gasteiger partial charge in [-0.05, 0) is 39.2 Å². The summed E-state index contributed by atoms with van der Waals surface area (Å²) in [5.41, 5.74) is 0.506. The molecule has 0 unspecified atom stereocenters. The van der Waals surface area contributed by atoms with E-state index in [2.05, 4.69) is 0 Å². The maximum Gasteiger partial charge on any atom is 0.251 e. The molecule has 0 bridgehead atoms. The van der Waals surface area contributed by atoms with E-state index in [4.69, 9.17) is 0 Å². The molecule has 0 aromatic carbocycles. The molecule has 0 aliphatic heterocycles. The Morgan fingerprint density at radius 3 is 2.40 bits per heavy atom. The van der Waals surface area contributed by atoms with Gasteiger partial charge in [0.2, 0.25) is 5.78 Å². The second-order valence-corrected chi connectivity index (χ2v) is 5.55. The highest BCUT2D eigenvalue weighted by atomic mass is 31.1. The summed E-state index contributed by atoms with van der Waals surface area (Å²) < 4.78 is 0. The highest BCUT2D eigenvalue weighted by Crippen LogP contribution is 2.30. The fraction of sp³-hybridized carbons (Fsp3) is 0.583. The van der Waals surface area contributed by atoms with Crippen molar-refractivity contribution in [3.63, 3.8) is 0 Å². The molecule has 0 aromatic heterocycles. The van der Waals surface area contributed by atoms with Gasteiger partial charge in [-0.3, -0.25) is 9.59 Å². The molecule has 2 rings (SSSR count). The zero-order valence-corrected chi connectivity index (χ0v) is 9.85. The Morgan fingerprint density at radius 1 is 1.27 bits per heavy atom. The molecule has 0 radical (unpaired) electrons. The Morgan fingerprint density at radius 2 is 1.87 bits per heavy atom. The van der Waals surface area contributed by atoms with Crippen LogP contribution in [0.3, 0.4) is 0 Å². The molecule has 2 nitrogen and oxygen atoms in total. The molecule has 15 heavy (non-hydrogen) atoms. The van der Waals surface area contributed by atoms with Gasteiger partial charge in [-0.25, -0.2) is 0 Å². The molecule has 1 atom stereocenters. The standard InChI is InChI=1S/C12H15O2P/c1-8-7-10(8)11(13)12(14)15-9-5-3-2-4-6-9/h7-8H,2-6H2,1H3/t8-/m1/s1. The smallest absolute Gasteiger partial charge is 0.251 e. The molecule has 1 fully saturated rings. The predicted octanol–water partition coefficient (Wildman–Crippen LogP) is 2.74. The summed E-state index contributed by atoms with van der Waals surface area (Å²) in [5, 5.41) is 1.26. The molecule has 0 aromatic rings. The first kappa shape index (κ1) is 10.8. The zero-order chi connectivity index (χ0) is 10.8. The fourth-order valence-electron chi connectivity index (χ4n) is 1.89. The van der Waals surface area contributed by atoms with E-state index in [1.54, 1.807) is 0 Å². The van der Waals surface area contributed by atoms with E-state index >= 15 is 0 Å². The van der Waals surface area contributed by atoms with Crippen LogP contribution in [0.1, 0.15) is 39.0 Å². The Bertz CT molecular complexity index is 358. The molecule has 3 heteroatoms. The third-order valence-electron chi connectivity index (χ3n) is 2.96. The molecule has 0 heterocycles. The van der Waals surface area contributed by atoms with E-state index < -0.39 is 0 Å². The van der Waals surface area contributed by atoms with Crippen LogP contribution >= 0.6 is 8.20 Å². The third-order valence-corrected chi connectivity index (χ3v) is 4.13. The van der Waals surface area contributed by atoms with Gasteiger partial charge in [-0.15, -0.1) is 0 Å². The molecular weight excluding hydrogens is 207 g/mol. The predicted molar refractivity (Wildman–Crippen MR) is 62.3 cm³/mol. The van der Waals surface area contributed by atoms with Crippen LogP contribution in [0, 0.1) is 5.92 Å². The van der Waals surface area contributed by atoms with Crippen LogP contribution in [0.5, 0.6) is 0 Å². The van der Waals surface area contributed by atoms with E-state index in [0.717, 1.165) is 18.4 Å². The van der Waals surface area contributed by atoms with Gasteiger partial charge in [0.25, 0.3) is 5.52 Å². The maximum atomic E-state index is 11.6. The van der Waals surface area contributed by atoms with Crippen LogP contribution in [-0.4, -0.2) is 16.6 Å². The second-order valence-electron chi connectivity index (χ2n) is 4.28. The lowest BCUT2D eigenvalue weighted by Crippen LogP contribution is -2.10. The molecule has 0 saturated heterocycles. The number of allylic oxidation sites excluding steroid dienone is 2. The molecule has 0 amide bonds. The molecule has 0 spiro atoms. The van der Waals surface area contributed by atoms with E-state index in [-0.39, 0.29) is 17.2 Å². The summed E-state index contributed by atoms with van der Waals surface area (Å²) in [6.45, 7) is 1.95. The van der Waals surface area contributed by atoms with Gasteiger partial charge in [0, 0.05) is 11.5 Å². The van der Waals surface area contributed by atoms with Crippen LogP contribution in [0.4, 0.5) is 0 Å². The van der Waals surface area contributed by atoms with Crippen molar-refractivity contribution in [3.8, 4) is 0 Å². The second kappa shape index (κ2) is 4.40. The lowest BCUT2D eigenvalue weighted by Gasteiger charge is -2.11. The summed E-state index contributed by atoms with van der Waals surface area (Å²) in [6, 6.07) is 0. The van der Waals surface area contributed by atoms with E-state index in [0.29, 0.717) is 8.20 Å². The van der Waals surface area contributed by atoms with Crippen LogP contribution < -0.4 is 0 Å². The number of Topliss-reactive ketones (excluding diaryl/α,β-unsaturated/α-hetero) is 1. The van der Waals surface area contributed by atoms with Gasteiger partial charge in [0.15, 0.2) is 0 Å². The lowest BCUT2D eigenvalue weighted by molar-refractivity contribution is -0.129. The van der Waals surface area contributed by atoms with Crippen molar-refractivity contribution < 1.29 is 9.59 Å². The lowest BCUT2D eigenvalue weighted by atomic mass is 10.0. The first-order valence-corrected chi connectivity index (χ1v) is 6.45. The van der Waals surface area contributed by atoms with Crippen molar-refractivity contribution >= 4 is 24.8 Å². The van der Waals surface area contributed by atoms with Gasteiger partial charge in [-0.2, -0.15) is 0 Å². The summed E-state index contributed by atoms with van der Waals surface area (Å²) in [7, 11) is 0.666. The molecular formula is C12H15O2P. The number of carbonyl (C=O) groups excluding carboxylic acids is 2. The minimum atomic E-state index is -0.248. The normalized spacial score (nSPS) is 25.0. The highest BCUT2D eigenvalue weighted by Gasteiger charge is 2.30. The first-order chi connectivity index (χ1) is 7.18. The Kier molecular flexibility index (Phi) is 3.16. The SMILES string of the molecule is C[C@@H]1C=C1C(=O)C(=O)P=C1CCCCC1. The molecule has 2 aliphatic carbocycles. The van der Waals surface area contributed by atoms with E-state index in [9.17, 15) is 9.59 Å². The van der Waals surface area contributed by atoms with Crippen molar-refractivity contribution in [2.75, 3.05) is 0 Å².